The Hall–Kier alpha value is -2.04. The van der Waals surface area contributed by atoms with Crippen molar-refractivity contribution in [1.82, 2.24) is 10.2 Å². The van der Waals surface area contributed by atoms with Crippen LogP contribution in [0, 0.1) is 0 Å². The molecule has 0 aliphatic heterocycles. The average Bonchev–Trinajstić information content (AvgIpc) is 2.64. The maximum atomic E-state index is 13.2. The van der Waals surface area contributed by atoms with Crippen LogP contribution in [-0.4, -0.2) is 34.8 Å². The number of halogens is 2. The molecule has 0 saturated heterocycles. The highest BCUT2D eigenvalue weighted by Crippen LogP contribution is 2.25. The molecule has 0 fully saturated rings. The van der Waals surface area contributed by atoms with Gasteiger partial charge in [-0.25, -0.2) is 0 Å². The fraction of sp³-hybridized carbons (Fsp3) is 0.391. The van der Waals surface area contributed by atoms with E-state index in [0.29, 0.717) is 28.6 Å². The lowest BCUT2D eigenvalue weighted by atomic mass is 10.1. The van der Waals surface area contributed by atoms with E-state index >= 15 is 0 Å². The van der Waals surface area contributed by atoms with Gasteiger partial charge >= 0.3 is 0 Å². The molecule has 0 saturated carbocycles. The van der Waals surface area contributed by atoms with Crippen LogP contribution in [-0.2, 0) is 22.4 Å². The third-order valence-electron chi connectivity index (χ3n) is 4.54. The Morgan fingerprint density at radius 2 is 1.59 bits per heavy atom. The monoisotopic (exact) mass is 434 g/mol. The smallest absolute Gasteiger partial charge is 0.242 e. The van der Waals surface area contributed by atoms with Crippen molar-refractivity contribution in [2.75, 3.05) is 6.54 Å². The second-order valence-corrected chi connectivity index (χ2v) is 8.93. The van der Waals surface area contributed by atoms with Gasteiger partial charge in [-0.3, -0.25) is 9.59 Å². The van der Waals surface area contributed by atoms with Gasteiger partial charge in [0, 0.05) is 22.1 Å². The van der Waals surface area contributed by atoms with Gasteiger partial charge in [0.1, 0.15) is 6.04 Å². The Morgan fingerprint density at radius 3 is 2.14 bits per heavy atom. The first-order valence-corrected chi connectivity index (χ1v) is 10.4. The van der Waals surface area contributed by atoms with Crippen LogP contribution in [0.5, 0.6) is 0 Å². The summed E-state index contributed by atoms with van der Waals surface area (Å²) in [5.41, 5.74) is 1.30. The van der Waals surface area contributed by atoms with Gasteiger partial charge in [0.2, 0.25) is 11.8 Å². The molecule has 0 bridgehead atoms. The highest BCUT2D eigenvalue weighted by atomic mass is 35.5. The van der Waals surface area contributed by atoms with Gasteiger partial charge in [0.15, 0.2) is 0 Å². The summed E-state index contributed by atoms with van der Waals surface area (Å²) < 4.78 is 0. The highest BCUT2D eigenvalue weighted by Gasteiger charge is 2.28. The number of carbonyl (C=O) groups is 2. The van der Waals surface area contributed by atoms with Crippen molar-refractivity contribution in [2.24, 2.45) is 0 Å². The average molecular weight is 435 g/mol. The fourth-order valence-electron chi connectivity index (χ4n) is 3.00. The van der Waals surface area contributed by atoms with Gasteiger partial charge in [-0.05, 0) is 57.4 Å². The number of carbonyl (C=O) groups excluding carboxylic acids is 2. The van der Waals surface area contributed by atoms with E-state index in [-0.39, 0.29) is 23.8 Å². The number of benzene rings is 2. The summed E-state index contributed by atoms with van der Waals surface area (Å²) in [4.78, 5) is 27.5. The van der Waals surface area contributed by atoms with Crippen molar-refractivity contribution in [3.05, 3.63) is 69.7 Å². The molecule has 1 atom stereocenters. The van der Waals surface area contributed by atoms with E-state index in [1.54, 1.807) is 30.0 Å². The summed E-state index contributed by atoms with van der Waals surface area (Å²) in [6.45, 7) is 7.91. The Kier molecular flexibility index (Phi) is 8.12. The largest absolute Gasteiger partial charge is 0.350 e. The third-order valence-corrected chi connectivity index (χ3v) is 5.25. The minimum absolute atomic E-state index is 0.0421. The molecule has 2 rings (SSSR count). The van der Waals surface area contributed by atoms with Crippen LogP contribution in [0.4, 0.5) is 0 Å². The minimum atomic E-state index is -0.619. The topological polar surface area (TPSA) is 49.4 Å². The van der Waals surface area contributed by atoms with Crippen LogP contribution < -0.4 is 5.32 Å². The summed E-state index contributed by atoms with van der Waals surface area (Å²) >= 11 is 12.5. The molecule has 29 heavy (non-hydrogen) atoms. The SMILES string of the molecule is C[C@@H](C(=O)NC(C)(C)C)N(CCc1ccccc1)C(=O)Cc1c(Cl)cccc1Cl. The van der Waals surface area contributed by atoms with Crippen LogP contribution in [0.2, 0.25) is 10.0 Å². The first-order valence-electron chi connectivity index (χ1n) is 9.67. The molecule has 6 heteroatoms. The van der Waals surface area contributed by atoms with Crippen LogP contribution in [0.1, 0.15) is 38.8 Å². The molecule has 0 heterocycles. The quantitative estimate of drug-likeness (QED) is 0.672. The molecule has 0 aliphatic carbocycles. The van der Waals surface area contributed by atoms with Crippen LogP contribution in [0.25, 0.3) is 0 Å². The number of hydrogen-bond acceptors (Lipinski definition) is 2. The Labute approximate surface area is 183 Å². The molecule has 2 aromatic carbocycles. The number of rotatable bonds is 7. The van der Waals surface area contributed by atoms with Crippen molar-refractivity contribution in [1.29, 1.82) is 0 Å². The van der Waals surface area contributed by atoms with E-state index in [9.17, 15) is 9.59 Å². The lowest BCUT2D eigenvalue weighted by molar-refractivity contribution is -0.140. The van der Waals surface area contributed by atoms with Gasteiger partial charge in [0.05, 0.1) is 6.42 Å². The van der Waals surface area contributed by atoms with E-state index in [2.05, 4.69) is 5.32 Å². The van der Waals surface area contributed by atoms with E-state index in [4.69, 9.17) is 23.2 Å². The summed E-state index contributed by atoms with van der Waals surface area (Å²) in [5, 5.41) is 3.84. The zero-order valence-electron chi connectivity index (χ0n) is 17.3. The second-order valence-electron chi connectivity index (χ2n) is 8.11. The maximum Gasteiger partial charge on any atom is 0.242 e. The van der Waals surface area contributed by atoms with Crippen LogP contribution in [0.15, 0.2) is 48.5 Å². The van der Waals surface area contributed by atoms with Gasteiger partial charge in [-0.2, -0.15) is 0 Å². The van der Waals surface area contributed by atoms with Gasteiger partial charge in [-0.1, -0.05) is 59.6 Å². The van der Waals surface area contributed by atoms with E-state index in [1.165, 1.54) is 0 Å². The van der Waals surface area contributed by atoms with Crippen LogP contribution in [0.3, 0.4) is 0 Å². The fourth-order valence-corrected chi connectivity index (χ4v) is 3.53. The molecule has 0 radical (unpaired) electrons. The van der Waals surface area contributed by atoms with Crippen molar-refractivity contribution in [3.8, 4) is 0 Å². The van der Waals surface area contributed by atoms with Crippen LogP contribution >= 0.6 is 23.2 Å². The molecule has 0 spiro atoms. The maximum absolute atomic E-state index is 13.2. The summed E-state index contributed by atoms with van der Waals surface area (Å²) in [6.07, 6.45) is 0.691. The van der Waals surface area contributed by atoms with Crippen molar-refractivity contribution in [2.45, 2.75) is 52.1 Å². The summed E-state index contributed by atoms with van der Waals surface area (Å²) in [5.74, 6) is -0.378. The first-order chi connectivity index (χ1) is 13.6. The van der Waals surface area contributed by atoms with E-state index in [1.807, 2.05) is 51.1 Å². The lowest BCUT2D eigenvalue weighted by Crippen LogP contribution is -2.53. The molecular weight excluding hydrogens is 407 g/mol. The summed E-state index contributed by atoms with van der Waals surface area (Å²) in [7, 11) is 0. The molecule has 0 aromatic heterocycles. The Morgan fingerprint density at radius 1 is 1.00 bits per heavy atom. The lowest BCUT2D eigenvalue weighted by Gasteiger charge is -2.31. The molecular formula is C23H28Cl2N2O2. The normalized spacial score (nSPS) is 12.3. The van der Waals surface area contributed by atoms with Crippen molar-refractivity contribution in [3.63, 3.8) is 0 Å². The number of nitrogens with zero attached hydrogens (tertiary/aromatic N) is 1. The second kappa shape index (κ2) is 10.1. The minimum Gasteiger partial charge on any atom is -0.350 e. The standard InChI is InChI=1S/C23H28Cl2N2O2/c1-16(22(29)26-23(2,3)4)27(14-13-17-9-6-5-7-10-17)21(28)15-18-19(24)11-8-12-20(18)25/h5-12,16H,13-15H2,1-4H3,(H,26,29)/t16-/m0/s1. The highest BCUT2D eigenvalue weighted by molar-refractivity contribution is 6.36. The molecule has 156 valence electrons. The number of nitrogens with one attached hydrogen (secondary N) is 1. The van der Waals surface area contributed by atoms with E-state index in [0.717, 1.165) is 5.56 Å². The zero-order chi connectivity index (χ0) is 21.6. The predicted octanol–water partition coefficient (Wildman–Crippen LogP) is 4.91. The van der Waals surface area contributed by atoms with Crippen molar-refractivity contribution < 1.29 is 9.59 Å². The van der Waals surface area contributed by atoms with Gasteiger partial charge in [0.25, 0.3) is 0 Å². The predicted molar refractivity (Wildman–Crippen MR) is 119 cm³/mol. The number of hydrogen-bond donors (Lipinski definition) is 1. The molecule has 2 aromatic rings. The van der Waals surface area contributed by atoms with Crippen molar-refractivity contribution >= 4 is 35.0 Å². The number of amides is 2. The molecule has 0 unspecified atom stereocenters. The Bertz CT molecular complexity index is 827. The van der Waals surface area contributed by atoms with Gasteiger partial charge in [-0.15, -0.1) is 0 Å². The molecule has 0 aliphatic rings. The molecule has 4 nitrogen and oxygen atoms in total. The zero-order valence-corrected chi connectivity index (χ0v) is 18.8. The van der Waals surface area contributed by atoms with E-state index < -0.39 is 6.04 Å². The summed E-state index contributed by atoms with van der Waals surface area (Å²) in [6, 6.07) is 14.4. The Balaban J connectivity index is 2.22. The molecule has 1 N–H and O–H groups in total. The van der Waals surface area contributed by atoms with Gasteiger partial charge < -0.3 is 10.2 Å². The molecule has 2 amide bonds. The first kappa shape index (κ1) is 23.2. The third kappa shape index (κ3) is 7.06.